The topological polar surface area (TPSA) is 66.1 Å². The molecule has 0 bridgehead atoms. The van der Waals surface area contributed by atoms with Crippen LogP contribution in [-0.2, 0) is 13.1 Å². The maximum atomic E-state index is 13.6. The van der Waals surface area contributed by atoms with Crippen LogP contribution in [-0.4, -0.2) is 20.8 Å². The Morgan fingerprint density at radius 3 is 2.48 bits per heavy atom. The van der Waals surface area contributed by atoms with Gasteiger partial charge in [0.25, 0.3) is 11.5 Å². The van der Waals surface area contributed by atoms with Crippen molar-refractivity contribution in [1.29, 1.82) is 0 Å². The van der Waals surface area contributed by atoms with Crippen LogP contribution in [0.1, 0.15) is 21.7 Å². The smallest absolute Gasteiger partial charge is 0.258 e. The summed E-state index contributed by atoms with van der Waals surface area (Å²) in [5, 5.41) is 0.488. The molecule has 1 heterocycles. The number of hydrogen-bond acceptors (Lipinski definition) is 3. The number of benzene rings is 3. The van der Waals surface area contributed by atoms with Crippen LogP contribution in [0, 0.1) is 5.82 Å². The Bertz CT molecular complexity index is 1220. The predicted molar refractivity (Wildman–Crippen MR) is 109 cm³/mol. The van der Waals surface area contributed by atoms with Crippen molar-refractivity contribution < 1.29 is 9.18 Å². The largest absolute Gasteiger partial charge is 0.327 e. The van der Waals surface area contributed by atoms with Crippen molar-refractivity contribution in [1.82, 2.24) is 14.9 Å². The van der Waals surface area contributed by atoms with Crippen molar-refractivity contribution in [2.24, 2.45) is 0 Å². The Hall–Kier alpha value is -3.80. The Morgan fingerprint density at radius 1 is 0.931 bits per heavy atom. The van der Waals surface area contributed by atoms with Crippen LogP contribution in [0.4, 0.5) is 4.39 Å². The summed E-state index contributed by atoms with van der Waals surface area (Å²) in [4.78, 5) is 34.2. The summed E-state index contributed by atoms with van der Waals surface area (Å²) >= 11 is 0. The van der Waals surface area contributed by atoms with Crippen molar-refractivity contribution in [3.63, 3.8) is 0 Å². The van der Waals surface area contributed by atoms with Gasteiger partial charge in [-0.3, -0.25) is 9.59 Å². The highest BCUT2D eigenvalue weighted by atomic mass is 19.1. The van der Waals surface area contributed by atoms with E-state index in [4.69, 9.17) is 0 Å². The molecule has 0 aliphatic rings. The van der Waals surface area contributed by atoms with Gasteiger partial charge in [-0.2, -0.15) is 0 Å². The summed E-state index contributed by atoms with van der Waals surface area (Å²) in [6, 6.07) is 22.1. The molecule has 0 aliphatic carbocycles. The number of H-pyrrole nitrogens is 1. The lowest BCUT2D eigenvalue weighted by molar-refractivity contribution is 0.0725. The quantitative estimate of drug-likeness (QED) is 0.565. The number of aromatic amines is 1. The minimum absolute atomic E-state index is 0.0876. The number of nitrogens with zero attached hydrogens (tertiary/aromatic N) is 2. The third-order valence-electron chi connectivity index (χ3n) is 4.58. The van der Waals surface area contributed by atoms with Gasteiger partial charge in [0.15, 0.2) is 0 Å². The average molecular weight is 387 g/mol. The highest BCUT2D eigenvalue weighted by molar-refractivity contribution is 5.94. The normalized spacial score (nSPS) is 10.8. The second-order valence-electron chi connectivity index (χ2n) is 6.69. The average Bonchev–Trinajstić information content (AvgIpc) is 2.73. The molecule has 1 aromatic heterocycles. The van der Waals surface area contributed by atoms with Crippen LogP contribution in [0.15, 0.2) is 83.7 Å². The van der Waals surface area contributed by atoms with Crippen molar-refractivity contribution in [2.45, 2.75) is 13.1 Å². The molecule has 3 aromatic carbocycles. The molecule has 5 nitrogen and oxygen atoms in total. The number of amides is 1. The van der Waals surface area contributed by atoms with Crippen LogP contribution in [0.3, 0.4) is 0 Å². The van der Waals surface area contributed by atoms with Crippen LogP contribution < -0.4 is 5.56 Å². The molecule has 4 aromatic rings. The van der Waals surface area contributed by atoms with E-state index < -0.39 is 5.82 Å². The molecule has 0 fully saturated rings. The van der Waals surface area contributed by atoms with E-state index in [9.17, 15) is 14.0 Å². The fourth-order valence-corrected chi connectivity index (χ4v) is 3.20. The number of nitrogens with one attached hydrogen (secondary N) is 1. The van der Waals surface area contributed by atoms with Gasteiger partial charge in [0.1, 0.15) is 11.6 Å². The Kier molecular flexibility index (Phi) is 5.16. The van der Waals surface area contributed by atoms with Crippen LogP contribution >= 0.6 is 0 Å². The first kappa shape index (κ1) is 18.6. The molecular weight excluding hydrogens is 369 g/mol. The summed E-state index contributed by atoms with van der Waals surface area (Å²) in [5.74, 6) is -0.453. The van der Waals surface area contributed by atoms with E-state index in [2.05, 4.69) is 9.97 Å². The Balaban J connectivity index is 1.70. The third-order valence-corrected chi connectivity index (χ3v) is 4.58. The minimum Gasteiger partial charge on any atom is -0.327 e. The maximum Gasteiger partial charge on any atom is 0.258 e. The van der Waals surface area contributed by atoms with E-state index in [1.165, 1.54) is 23.1 Å². The monoisotopic (exact) mass is 387 g/mol. The van der Waals surface area contributed by atoms with Gasteiger partial charge in [-0.15, -0.1) is 0 Å². The highest BCUT2D eigenvalue weighted by Crippen LogP contribution is 2.15. The van der Waals surface area contributed by atoms with Crippen LogP contribution in [0.2, 0.25) is 0 Å². The second-order valence-corrected chi connectivity index (χ2v) is 6.69. The molecule has 4 rings (SSSR count). The fourth-order valence-electron chi connectivity index (χ4n) is 3.20. The zero-order valence-electron chi connectivity index (χ0n) is 15.5. The van der Waals surface area contributed by atoms with E-state index >= 15 is 0 Å². The van der Waals surface area contributed by atoms with Crippen molar-refractivity contribution >= 4 is 16.8 Å². The molecule has 6 heteroatoms. The van der Waals surface area contributed by atoms with E-state index in [1.54, 1.807) is 30.3 Å². The molecule has 1 N–H and O–H groups in total. The standard InChI is InChI=1S/C23H18FN3O2/c24-18-10-6-9-17(13-18)23(29)27(14-16-7-2-1-3-8-16)15-21-25-20-12-5-4-11-19(20)22(28)26-21/h1-13H,14-15H2,(H,25,26,28). The number of hydrogen-bond donors (Lipinski definition) is 1. The third kappa shape index (κ3) is 4.21. The van der Waals surface area contributed by atoms with E-state index in [-0.39, 0.29) is 23.6 Å². The molecule has 0 saturated carbocycles. The molecule has 29 heavy (non-hydrogen) atoms. The number of carbonyl (C=O) groups excluding carboxylic acids is 1. The number of rotatable bonds is 5. The minimum atomic E-state index is -0.479. The van der Waals surface area contributed by atoms with Crippen molar-refractivity contribution in [2.75, 3.05) is 0 Å². The molecule has 1 amide bonds. The number of carbonyl (C=O) groups is 1. The Labute approximate surface area is 166 Å². The van der Waals surface area contributed by atoms with Gasteiger partial charge in [0, 0.05) is 12.1 Å². The van der Waals surface area contributed by atoms with Crippen molar-refractivity contribution in [3.05, 3.63) is 112 Å². The Morgan fingerprint density at radius 2 is 1.69 bits per heavy atom. The number of halogens is 1. The second kappa shape index (κ2) is 8.06. The molecule has 0 aliphatic heterocycles. The maximum absolute atomic E-state index is 13.6. The van der Waals surface area contributed by atoms with Crippen LogP contribution in [0.25, 0.3) is 10.9 Å². The number of fused-ring (bicyclic) bond motifs is 1. The first-order valence-corrected chi connectivity index (χ1v) is 9.17. The highest BCUT2D eigenvalue weighted by Gasteiger charge is 2.19. The lowest BCUT2D eigenvalue weighted by Gasteiger charge is -2.22. The number of para-hydroxylation sites is 1. The van der Waals surface area contributed by atoms with Gasteiger partial charge in [-0.1, -0.05) is 48.5 Å². The lowest BCUT2D eigenvalue weighted by atomic mass is 10.1. The molecule has 0 unspecified atom stereocenters. The summed E-state index contributed by atoms with van der Waals surface area (Å²) in [6.07, 6.45) is 0. The predicted octanol–water partition coefficient (Wildman–Crippen LogP) is 3.90. The van der Waals surface area contributed by atoms with Gasteiger partial charge in [0.2, 0.25) is 0 Å². The van der Waals surface area contributed by atoms with E-state index in [0.29, 0.717) is 23.3 Å². The van der Waals surface area contributed by atoms with Gasteiger partial charge in [0.05, 0.1) is 17.4 Å². The van der Waals surface area contributed by atoms with E-state index in [1.807, 2.05) is 30.3 Å². The SMILES string of the molecule is O=C(c1cccc(F)c1)N(Cc1ccccc1)Cc1nc2ccccc2c(=O)[nH]1. The van der Waals surface area contributed by atoms with Gasteiger partial charge >= 0.3 is 0 Å². The van der Waals surface area contributed by atoms with Gasteiger partial charge in [-0.25, -0.2) is 9.37 Å². The lowest BCUT2D eigenvalue weighted by Crippen LogP contribution is -2.31. The molecule has 0 radical (unpaired) electrons. The molecule has 0 saturated heterocycles. The van der Waals surface area contributed by atoms with E-state index in [0.717, 1.165) is 5.56 Å². The first-order valence-electron chi connectivity index (χ1n) is 9.17. The molecule has 0 spiro atoms. The van der Waals surface area contributed by atoms with Gasteiger partial charge < -0.3 is 9.88 Å². The summed E-state index contributed by atoms with van der Waals surface area (Å²) in [7, 11) is 0. The van der Waals surface area contributed by atoms with Crippen LogP contribution in [0.5, 0.6) is 0 Å². The van der Waals surface area contributed by atoms with Crippen molar-refractivity contribution in [3.8, 4) is 0 Å². The fraction of sp³-hybridized carbons (Fsp3) is 0.0870. The van der Waals surface area contributed by atoms with Gasteiger partial charge in [-0.05, 0) is 35.9 Å². The number of aromatic nitrogens is 2. The summed E-state index contributed by atoms with van der Waals surface area (Å²) in [6.45, 7) is 0.386. The molecule has 144 valence electrons. The zero-order valence-corrected chi connectivity index (χ0v) is 15.5. The first-order chi connectivity index (χ1) is 14.1. The summed E-state index contributed by atoms with van der Waals surface area (Å²) in [5.41, 5.74) is 1.46. The zero-order chi connectivity index (χ0) is 20.2. The molecule has 0 atom stereocenters. The summed E-state index contributed by atoms with van der Waals surface area (Å²) < 4.78 is 13.6. The molecular formula is C23H18FN3O2.